The third-order valence-corrected chi connectivity index (χ3v) is 5.73. The van der Waals surface area contributed by atoms with Crippen LogP contribution in [0.15, 0.2) is 83.8 Å². The summed E-state index contributed by atoms with van der Waals surface area (Å²) >= 11 is 1.75. The lowest BCUT2D eigenvalue weighted by atomic mass is 9.93. The molecule has 0 aliphatic rings. The first-order valence-electron chi connectivity index (χ1n) is 10.0. The number of aliphatic carboxylic acids is 1. The van der Waals surface area contributed by atoms with E-state index in [1.54, 1.807) is 11.8 Å². The van der Waals surface area contributed by atoms with Crippen molar-refractivity contribution in [3.63, 3.8) is 0 Å². The van der Waals surface area contributed by atoms with Gasteiger partial charge < -0.3 is 9.84 Å². The van der Waals surface area contributed by atoms with Crippen LogP contribution in [0.1, 0.15) is 29.2 Å². The molecule has 154 valence electrons. The Kier molecular flexibility index (Phi) is 7.75. The third kappa shape index (κ3) is 5.77. The van der Waals surface area contributed by atoms with Crippen LogP contribution in [-0.2, 0) is 11.2 Å². The van der Waals surface area contributed by atoms with E-state index in [2.05, 4.69) is 61.5 Å². The molecule has 0 aliphatic carbocycles. The lowest BCUT2D eigenvalue weighted by Crippen LogP contribution is -2.09. The first kappa shape index (κ1) is 21.7. The molecule has 0 heterocycles. The summed E-state index contributed by atoms with van der Waals surface area (Å²) in [6, 6.07) is 24.9. The fourth-order valence-electron chi connectivity index (χ4n) is 3.33. The van der Waals surface area contributed by atoms with Gasteiger partial charge in [-0.1, -0.05) is 67.6 Å². The first-order valence-corrected chi connectivity index (χ1v) is 11.0. The fourth-order valence-corrected chi connectivity index (χ4v) is 4.19. The highest BCUT2D eigenvalue weighted by molar-refractivity contribution is 7.99. The predicted molar refractivity (Wildman–Crippen MR) is 124 cm³/mol. The van der Waals surface area contributed by atoms with Gasteiger partial charge in [0.15, 0.2) is 6.61 Å². The zero-order chi connectivity index (χ0) is 21.3. The number of carboxylic acid groups (broad SMARTS) is 1. The van der Waals surface area contributed by atoms with E-state index in [-0.39, 0.29) is 6.61 Å². The molecule has 3 aromatic carbocycles. The van der Waals surface area contributed by atoms with Crippen LogP contribution in [0.2, 0.25) is 0 Å². The van der Waals surface area contributed by atoms with Crippen LogP contribution < -0.4 is 4.74 Å². The Hall–Kier alpha value is -2.98. The number of carboxylic acids is 1. The van der Waals surface area contributed by atoms with E-state index in [9.17, 15) is 4.79 Å². The molecular formula is C26H26O3S. The van der Waals surface area contributed by atoms with Gasteiger partial charge in [-0.05, 0) is 59.4 Å². The zero-order valence-corrected chi connectivity index (χ0v) is 18.1. The van der Waals surface area contributed by atoms with E-state index in [1.165, 1.54) is 22.3 Å². The fraction of sp³-hybridized carbons (Fsp3) is 0.192. The molecular weight excluding hydrogens is 392 g/mol. The molecule has 3 aromatic rings. The maximum absolute atomic E-state index is 10.7. The topological polar surface area (TPSA) is 46.5 Å². The van der Waals surface area contributed by atoms with Crippen molar-refractivity contribution in [2.45, 2.75) is 25.2 Å². The number of thioether (sulfide) groups is 1. The number of benzene rings is 3. The van der Waals surface area contributed by atoms with Gasteiger partial charge in [-0.2, -0.15) is 0 Å². The van der Waals surface area contributed by atoms with E-state index in [0.29, 0.717) is 5.75 Å². The Bertz CT molecular complexity index is 1030. The Morgan fingerprint density at radius 1 is 1.03 bits per heavy atom. The van der Waals surface area contributed by atoms with Crippen molar-refractivity contribution in [2.75, 3.05) is 12.4 Å². The van der Waals surface area contributed by atoms with Crippen LogP contribution in [-0.4, -0.2) is 23.4 Å². The van der Waals surface area contributed by atoms with E-state index in [1.807, 2.05) is 31.2 Å². The Morgan fingerprint density at radius 2 is 1.77 bits per heavy atom. The molecule has 0 saturated carbocycles. The molecule has 0 aliphatic heterocycles. The lowest BCUT2D eigenvalue weighted by Gasteiger charge is -2.13. The summed E-state index contributed by atoms with van der Waals surface area (Å²) in [5, 5.41) is 8.78. The molecule has 0 unspecified atom stereocenters. The van der Waals surface area contributed by atoms with Gasteiger partial charge in [0.1, 0.15) is 5.75 Å². The lowest BCUT2D eigenvalue weighted by molar-refractivity contribution is -0.139. The highest BCUT2D eigenvalue weighted by Crippen LogP contribution is 2.30. The summed E-state index contributed by atoms with van der Waals surface area (Å²) < 4.78 is 5.32. The SMILES string of the molecule is CCc1ccccc1C(=CCSc1ccc(OCC(=O)O)c(C)c1)c1ccccc1. The van der Waals surface area contributed by atoms with Crippen molar-refractivity contribution in [1.82, 2.24) is 0 Å². The van der Waals surface area contributed by atoms with Crippen molar-refractivity contribution in [3.05, 3.63) is 101 Å². The van der Waals surface area contributed by atoms with Crippen LogP contribution in [0.4, 0.5) is 0 Å². The van der Waals surface area contributed by atoms with Crippen LogP contribution in [0.25, 0.3) is 5.57 Å². The number of carbonyl (C=O) groups is 1. The normalized spacial score (nSPS) is 11.3. The maximum Gasteiger partial charge on any atom is 0.341 e. The van der Waals surface area contributed by atoms with Crippen LogP contribution in [0.5, 0.6) is 5.75 Å². The van der Waals surface area contributed by atoms with Crippen molar-refractivity contribution in [2.24, 2.45) is 0 Å². The molecule has 4 heteroatoms. The summed E-state index contributed by atoms with van der Waals surface area (Å²) in [5.74, 6) is 0.467. The first-order chi connectivity index (χ1) is 14.6. The number of hydrogen-bond donors (Lipinski definition) is 1. The number of aryl methyl sites for hydroxylation is 2. The third-order valence-electron chi connectivity index (χ3n) is 4.81. The van der Waals surface area contributed by atoms with Crippen molar-refractivity contribution in [1.29, 1.82) is 0 Å². The van der Waals surface area contributed by atoms with E-state index < -0.39 is 5.97 Å². The van der Waals surface area contributed by atoms with Crippen LogP contribution in [0, 0.1) is 6.92 Å². The van der Waals surface area contributed by atoms with Gasteiger partial charge in [0, 0.05) is 10.6 Å². The minimum atomic E-state index is -0.973. The van der Waals surface area contributed by atoms with Crippen LogP contribution in [0.3, 0.4) is 0 Å². The van der Waals surface area contributed by atoms with Gasteiger partial charge in [-0.15, -0.1) is 11.8 Å². The molecule has 3 rings (SSSR count). The summed E-state index contributed by atoms with van der Waals surface area (Å²) in [5.41, 5.74) is 6.02. The second-order valence-electron chi connectivity index (χ2n) is 6.92. The number of rotatable bonds is 9. The molecule has 0 saturated heterocycles. The largest absolute Gasteiger partial charge is 0.482 e. The Labute approximate surface area is 182 Å². The summed E-state index contributed by atoms with van der Waals surface area (Å²) in [7, 11) is 0. The molecule has 0 radical (unpaired) electrons. The molecule has 3 nitrogen and oxygen atoms in total. The van der Waals surface area contributed by atoms with Gasteiger partial charge >= 0.3 is 5.97 Å². The van der Waals surface area contributed by atoms with E-state index in [4.69, 9.17) is 9.84 Å². The molecule has 0 amide bonds. The monoisotopic (exact) mass is 418 g/mol. The van der Waals surface area contributed by atoms with Crippen LogP contribution >= 0.6 is 11.8 Å². The highest BCUT2D eigenvalue weighted by Gasteiger charge is 2.09. The smallest absolute Gasteiger partial charge is 0.341 e. The minimum Gasteiger partial charge on any atom is -0.482 e. The van der Waals surface area contributed by atoms with E-state index in [0.717, 1.165) is 22.6 Å². The standard InChI is InChI=1S/C26H26O3S/c1-3-20-9-7-8-12-23(20)24(21-10-5-4-6-11-21)15-16-30-22-13-14-25(19(2)17-22)29-18-26(27)28/h4-15,17H,3,16,18H2,1-2H3,(H,27,28). The second kappa shape index (κ2) is 10.7. The quantitative estimate of drug-likeness (QED) is 0.418. The Morgan fingerprint density at radius 3 is 2.47 bits per heavy atom. The van der Waals surface area contributed by atoms with Crippen molar-refractivity contribution in [3.8, 4) is 5.75 Å². The molecule has 1 N–H and O–H groups in total. The van der Waals surface area contributed by atoms with Gasteiger partial charge in [0.2, 0.25) is 0 Å². The summed E-state index contributed by atoms with van der Waals surface area (Å²) in [6.45, 7) is 3.80. The predicted octanol–water partition coefficient (Wildman–Crippen LogP) is 6.24. The number of ether oxygens (including phenoxy) is 1. The summed E-state index contributed by atoms with van der Waals surface area (Å²) in [4.78, 5) is 11.8. The minimum absolute atomic E-state index is 0.326. The Balaban J connectivity index is 1.80. The summed E-state index contributed by atoms with van der Waals surface area (Å²) in [6.07, 6.45) is 3.28. The average Bonchev–Trinajstić information content (AvgIpc) is 2.76. The molecule has 30 heavy (non-hydrogen) atoms. The molecule has 0 spiro atoms. The van der Waals surface area contributed by atoms with Crippen molar-refractivity contribution < 1.29 is 14.6 Å². The molecule has 0 bridgehead atoms. The van der Waals surface area contributed by atoms with Gasteiger partial charge in [-0.3, -0.25) is 0 Å². The average molecular weight is 419 g/mol. The highest BCUT2D eigenvalue weighted by atomic mass is 32.2. The number of hydrogen-bond acceptors (Lipinski definition) is 3. The second-order valence-corrected chi connectivity index (χ2v) is 8.01. The van der Waals surface area contributed by atoms with E-state index >= 15 is 0 Å². The van der Waals surface area contributed by atoms with Crippen molar-refractivity contribution >= 4 is 23.3 Å². The maximum atomic E-state index is 10.7. The molecule has 0 fully saturated rings. The van der Waals surface area contributed by atoms with Gasteiger partial charge in [0.25, 0.3) is 0 Å². The molecule has 0 aromatic heterocycles. The zero-order valence-electron chi connectivity index (χ0n) is 17.3. The molecule has 0 atom stereocenters. The van der Waals surface area contributed by atoms with Gasteiger partial charge in [0.05, 0.1) is 0 Å². The van der Waals surface area contributed by atoms with Gasteiger partial charge in [-0.25, -0.2) is 4.79 Å².